The van der Waals surface area contributed by atoms with E-state index >= 15 is 0 Å². The zero-order valence-electron chi connectivity index (χ0n) is 16.1. The van der Waals surface area contributed by atoms with Crippen LogP contribution in [0.1, 0.15) is 22.2 Å². The standard InChI is InChI=1S/C20H22N2O4S2/c1-5-22(28(4,24)25)15-7-9-18-14(11-15)12-19(27-18)20(23)21-16-10-13(2)6-8-17(16)26-3/h6-12H,5H2,1-4H3,(H,21,23). The van der Waals surface area contributed by atoms with Crippen molar-refractivity contribution in [2.45, 2.75) is 13.8 Å². The van der Waals surface area contributed by atoms with Gasteiger partial charge >= 0.3 is 0 Å². The summed E-state index contributed by atoms with van der Waals surface area (Å²) >= 11 is 1.36. The van der Waals surface area contributed by atoms with Crippen molar-refractivity contribution in [3.8, 4) is 5.75 Å². The Balaban J connectivity index is 1.92. The molecule has 0 saturated heterocycles. The molecule has 28 heavy (non-hydrogen) atoms. The number of fused-ring (bicyclic) bond motifs is 1. The quantitative estimate of drug-likeness (QED) is 0.649. The Kier molecular flexibility index (Phi) is 5.62. The maximum absolute atomic E-state index is 12.7. The predicted octanol–water partition coefficient (Wildman–Crippen LogP) is 4.26. The number of ether oxygens (including phenoxy) is 1. The van der Waals surface area contributed by atoms with Gasteiger partial charge in [-0.1, -0.05) is 6.07 Å². The van der Waals surface area contributed by atoms with Crippen LogP contribution in [0.3, 0.4) is 0 Å². The first kappa shape index (κ1) is 20.2. The number of nitrogens with zero attached hydrogens (tertiary/aromatic N) is 1. The van der Waals surface area contributed by atoms with Crippen molar-refractivity contribution in [2.24, 2.45) is 0 Å². The number of amides is 1. The molecular weight excluding hydrogens is 396 g/mol. The van der Waals surface area contributed by atoms with Gasteiger partial charge in [0, 0.05) is 11.2 Å². The Morgan fingerprint density at radius 2 is 1.93 bits per heavy atom. The highest BCUT2D eigenvalue weighted by Gasteiger charge is 2.17. The van der Waals surface area contributed by atoms with E-state index in [1.165, 1.54) is 21.9 Å². The molecule has 0 aliphatic rings. The van der Waals surface area contributed by atoms with E-state index in [4.69, 9.17) is 4.74 Å². The predicted molar refractivity (Wildman–Crippen MR) is 115 cm³/mol. The van der Waals surface area contributed by atoms with E-state index in [1.54, 1.807) is 32.2 Å². The minimum Gasteiger partial charge on any atom is -0.495 e. The number of sulfonamides is 1. The highest BCUT2D eigenvalue weighted by atomic mass is 32.2. The number of nitrogens with one attached hydrogen (secondary N) is 1. The summed E-state index contributed by atoms with van der Waals surface area (Å²) in [4.78, 5) is 13.3. The van der Waals surface area contributed by atoms with Crippen LogP contribution < -0.4 is 14.4 Å². The van der Waals surface area contributed by atoms with Crippen molar-refractivity contribution in [3.63, 3.8) is 0 Å². The van der Waals surface area contributed by atoms with Gasteiger partial charge < -0.3 is 10.1 Å². The molecule has 0 fully saturated rings. The third kappa shape index (κ3) is 4.13. The van der Waals surface area contributed by atoms with Gasteiger partial charge in [-0.25, -0.2) is 8.42 Å². The van der Waals surface area contributed by atoms with Gasteiger partial charge in [-0.2, -0.15) is 0 Å². The van der Waals surface area contributed by atoms with Gasteiger partial charge in [-0.05, 0) is 61.2 Å². The Bertz CT molecular complexity index is 1140. The Morgan fingerprint density at radius 1 is 1.18 bits per heavy atom. The van der Waals surface area contributed by atoms with Crippen LogP contribution in [0.2, 0.25) is 0 Å². The Morgan fingerprint density at radius 3 is 2.57 bits per heavy atom. The number of methoxy groups -OCH3 is 1. The summed E-state index contributed by atoms with van der Waals surface area (Å²) < 4.78 is 31.5. The molecule has 0 aliphatic carbocycles. The smallest absolute Gasteiger partial charge is 0.265 e. The van der Waals surface area contributed by atoms with Crippen molar-refractivity contribution in [1.29, 1.82) is 0 Å². The number of hydrogen-bond acceptors (Lipinski definition) is 5. The SMILES string of the molecule is CCN(c1ccc2sc(C(=O)Nc3cc(C)ccc3OC)cc2c1)S(C)(=O)=O. The fourth-order valence-electron chi connectivity index (χ4n) is 3.01. The zero-order chi connectivity index (χ0) is 20.5. The van der Waals surface area contributed by atoms with Gasteiger partial charge in [-0.15, -0.1) is 11.3 Å². The number of rotatable bonds is 6. The van der Waals surface area contributed by atoms with E-state index in [9.17, 15) is 13.2 Å². The van der Waals surface area contributed by atoms with Crippen molar-refractivity contribution in [2.75, 3.05) is 29.5 Å². The first-order valence-electron chi connectivity index (χ1n) is 8.70. The molecule has 6 nitrogen and oxygen atoms in total. The maximum Gasteiger partial charge on any atom is 0.265 e. The monoisotopic (exact) mass is 418 g/mol. The van der Waals surface area contributed by atoms with E-state index in [0.29, 0.717) is 28.5 Å². The molecule has 0 bridgehead atoms. The third-order valence-corrected chi connectivity index (χ3v) is 6.69. The van der Waals surface area contributed by atoms with Gasteiger partial charge in [0.1, 0.15) is 5.75 Å². The van der Waals surface area contributed by atoms with Crippen LogP contribution in [0.4, 0.5) is 11.4 Å². The number of benzene rings is 2. The van der Waals surface area contributed by atoms with Crippen LogP contribution in [0.15, 0.2) is 42.5 Å². The minimum atomic E-state index is -3.36. The lowest BCUT2D eigenvalue weighted by Crippen LogP contribution is -2.29. The molecule has 0 radical (unpaired) electrons. The number of thiophene rings is 1. The van der Waals surface area contributed by atoms with Crippen molar-refractivity contribution < 1.29 is 17.9 Å². The molecule has 0 spiro atoms. The lowest BCUT2D eigenvalue weighted by atomic mass is 10.2. The molecule has 2 aromatic carbocycles. The van der Waals surface area contributed by atoms with Crippen LogP contribution in [-0.2, 0) is 10.0 Å². The summed E-state index contributed by atoms with van der Waals surface area (Å²) in [5.74, 6) is 0.358. The number of aryl methyl sites for hydroxylation is 1. The highest BCUT2D eigenvalue weighted by Crippen LogP contribution is 2.32. The van der Waals surface area contributed by atoms with Crippen LogP contribution in [-0.4, -0.2) is 34.2 Å². The van der Waals surface area contributed by atoms with Crippen molar-refractivity contribution in [3.05, 3.63) is 52.9 Å². The maximum atomic E-state index is 12.7. The fourth-order valence-corrected chi connectivity index (χ4v) is 4.91. The van der Waals surface area contributed by atoms with Gasteiger partial charge in [0.15, 0.2) is 0 Å². The number of carbonyl (C=O) groups is 1. The second-order valence-electron chi connectivity index (χ2n) is 6.42. The van der Waals surface area contributed by atoms with E-state index in [0.717, 1.165) is 15.6 Å². The van der Waals surface area contributed by atoms with Gasteiger partial charge in [-0.3, -0.25) is 9.10 Å². The molecule has 0 aliphatic heterocycles. The summed E-state index contributed by atoms with van der Waals surface area (Å²) in [5.41, 5.74) is 2.21. The molecule has 1 heterocycles. The molecule has 3 rings (SSSR count). The van der Waals surface area contributed by atoms with E-state index in [-0.39, 0.29) is 5.91 Å². The molecule has 148 valence electrons. The first-order valence-corrected chi connectivity index (χ1v) is 11.4. The Hall–Kier alpha value is -2.58. The lowest BCUT2D eigenvalue weighted by molar-refractivity contribution is 0.103. The number of carbonyl (C=O) groups excluding carboxylic acids is 1. The van der Waals surface area contributed by atoms with Crippen LogP contribution in [0.25, 0.3) is 10.1 Å². The number of hydrogen-bond donors (Lipinski definition) is 1. The van der Waals surface area contributed by atoms with E-state index < -0.39 is 10.0 Å². The first-order chi connectivity index (χ1) is 13.2. The van der Waals surface area contributed by atoms with Crippen molar-refractivity contribution in [1.82, 2.24) is 0 Å². The highest BCUT2D eigenvalue weighted by molar-refractivity contribution is 7.92. The average molecular weight is 419 g/mol. The lowest BCUT2D eigenvalue weighted by Gasteiger charge is -2.20. The van der Waals surface area contributed by atoms with Gasteiger partial charge in [0.05, 0.1) is 29.6 Å². The van der Waals surface area contributed by atoms with E-state index in [2.05, 4.69) is 5.32 Å². The molecule has 3 aromatic rings. The van der Waals surface area contributed by atoms with Gasteiger partial charge in [0.2, 0.25) is 10.0 Å². The molecule has 0 saturated carbocycles. The summed E-state index contributed by atoms with van der Waals surface area (Å²) in [6.07, 6.45) is 1.18. The second kappa shape index (κ2) is 7.81. The summed E-state index contributed by atoms with van der Waals surface area (Å²) in [6.45, 7) is 4.07. The van der Waals surface area contributed by atoms with E-state index in [1.807, 2.05) is 31.2 Å². The summed E-state index contributed by atoms with van der Waals surface area (Å²) in [5, 5.41) is 3.72. The topological polar surface area (TPSA) is 75.7 Å². The molecule has 0 unspecified atom stereocenters. The van der Waals surface area contributed by atoms with Crippen LogP contribution >= 0.6 is 11.3 Å². The Labute approximate surface area is 168 Å². The summed E-state index contributed by atoms with van der Waals surface area (Å²) in [7, 11) is -1.80. The molecule has 0 atom stereocenters. The second-order valence-corrected chi connectivity index (χ2v) is 9.41. The molecule has 1 N–H and O–H groups in total. The summed E-state index contributed by atoms with van der Waals surface area (Å²) in [6, 6.07) is 12.7. The van der Waals surface area contributed by atoms with Crippen molar-refractivity contribution >= 4 is 48.7 Å². The fraction of sp³-hybridized carbons (Fsp3) is 0.250. The molecule has 1 aromatic heterocycles. The van der Waals surface area contributed by atoms with Crippen LogP contribution in [0.5, 0.6) is 5.75 Å². The van der Waals surface area contributed by atoms with Crippen LogP contribution in [0, 0.1) is 6.92 Å². The normalized spacial score (nSPS) is 11.4. The number of anilines is 2. The molecular formula is C20H22N2O4S2. The minimum absolute atomic E-state index is 0.234. The largest absolute Gasteiger partial charge is 0.495 e. The average Bonchev–Trinajstić information content (AvgIpc) is 3.05. The van der Waals surface area contributed by atoms with Gasteiger partial charge in [0.25, 0.3) is 5.91 Å². The zero-order valence-corrected chi connectivity index (χ0v) is 17.8. The molecule has 1 amide bonds. The third-order valence-electron chi connectivity index (χ3n) is 4.30. The molecule has 8 heteroatoms.